The van der Waals surface area contributed by atoms with Gasteiger partial charge in [0.05, 0.1) is 12.1 Å². The van der Waals surface area contributed by atoms with E-state index in [4.69, 9.17) is 0 Å². The Morgan fingerprint density at radius 3 is 2.63 bits per heavy atom. The van der Waals surface area contributed by atoms with Crippen LogP contribution in [0.15, 0.2) is 23.4 Å². The molecule has 1 heterocycles. The highest BCUT2D eigenvalue weighted by Crippen LogP contribution is 2.20. The molecule has 0 aliphatic rings. The second kappa shape index (κ2) is 6.20. The Morgan fingerprint density at radius 2 is 2.05 bits per heavy atom. The molecule has 1 aromatic rings. The summed E-state index contributed by atoms with van der Waals surface area (Å²) in [6.45, 7) is 1.52. The quantitative estimate of drug-likeness (QED) is 0.839. The summed E-state index contributed by atoms with van der Waals surface area (Å²) in [6.07, 6.45) is -4.37. The van der Waals surface area contributed by atoms with Crippen LogP contribution in [0.5, 0.6) is 0 Å². The molecule has 108 valence electrons. The van der Waals surface area contributed by atoms with Crippen molar-refractivity contribution >= 4 is 15.7 Å². The van der Waals surface area contributed by atoms with E-state index in [1.807, 2.05) is 4.72 Å². The average Bonchev–Trinajstić information content (AvgIpc) is 2.28. The lowest BCUT2D eigenvalue weighted by Crippen LogP contribution is -2.29. The van der Waals surface area contributed by atoms with Gasteiger partial charge in [0.15, 0.2) is 5.03 Å². The molecule has 1 aromatic heterocycles. The maximum atomic E-state index is 12.0. The summed E-state index contributed by atoms with van der Waals surface area (Å²) in [5.74, 6) is 0. The number of rotatable bonds is 6. The van der Waals surface area contributed by atoms with Gasteiger partial charge in [-0.2, -0.15) is 13.2 Å². The molecule has 0 fully saturated rings. The maximum Gasteiger partial charge on any atom is 0.390 e. The predicted molar refractivity (Wildman–Crippen MR) is 64.3 cm³/mol. The highest BCUT2D eigenvalue weighted by molar-refractivity contribution is 7.89. The molecule has 0 radical (unpaired) electrons. The van der Waals surface area contributed by atoms with Gasteiger partial charge in [-0.1, -0.05) is 0 Å². The largest absolute Gasteiger partial charge is 0.390 e. The number of hydrogen-bond acceptors (Lipinski definition) is 4. The molecular formula is C10H14F3N3O2S. The molecular weight excluding hydrogens is 283 g/mol. The van der Waals surface area contributed by atoms with Crippen LogP contribution < -0.4 is 10.0 Å². The van der Waals surface area contributed by atoms with Crippen LogP contribution in [0.3, 0.4) is 0 Å². The fourth-order valence-corrected chi connectivity index (χ4v) is 2.46. The predicted octanol–water partition coefficient (Wildman–Crippen LogP) is 1.74. The van der Waals surface area contributed by atoms with Crippen LogP contribution in [-0.2, 0) is 10.0 Å². The summed E-state index contributed by atoms with van der Waals surface area (Å²) in [7, 11) is -4.06. The Bertz CT molecular complexity index is 517. The smallest absolute Gasteiger partial charge is 0.383 e. The van der Waals surface area contributed by atoms with E-state index in [2.05, 4.69) is 10.3 Å². The van der Waals surface area contributed by atoms with Crippen LogP contribution in [-0.4, -0.2) is 32.7 Å². The van der Waals surface area contributed by atoms with Gasteiger partial charge in [0, 0.05) is 19.3 Å². The number of halogens is 3. The lowest BCUT2D eigenvalue weighted by Gasteiger charge is -2.11. The third-order valence-electron chi connectivity index (χ3n) is 2.09. The molecule has 0 aliphatic carbocycles. The number of alkyl halides is 3. The summed E-state index contributed by atoms with van der Waals surface area (Å²) < 4.78 is 61.5. The molecule has 0 saturated carbocycles. The van der Waals surface area contributed by atoms with Gasteiger partial charge in [0.1, 0.15) is 0 Å². The van der Waals surface area contributed by atoms with Crippen molar-refractivity contribution in [1.82, 2.24) is 9.71 Å². The zero-order valence-electron chi connectivity index (χ0n) is 10.2. The highest BCUT2D eigenvalue weighted by atomic mass is 32.2. The highest BCUT2D eigenvalue weighted by Gasteiger charge is 2.28. The SMILES string of the molecule is CCNc1cccnc1S(=O)(=O)NCCC(F)(F)F. The Morgan fingerprint density at radius 1 is 1.37 bits per heavy atom. The van der Waals surface area contributed by atoms with Crippen molar-refractivity contribution in [2.45, 2.75) is 24.5 Å². The van der Waals surface area contributed by atoms with E-state index in [-0.39, 0.29) is 10.7 Å². The molecule has 0 aliphatic heterocycles. The molecule has 0 unspecified atom stereocenters. The lowest BCUT2D eigenvalue weighted by atomic mass is 10.4. The number of aromatic nitrogens is 1. The number of sulfonamides is 1. The lowest BCUT2D eigenvalue weighted by molar-refractivity contribution is -0.132. The van der Waals surface area contributed by atoms with E-state index in [0.717, 1.165) is 0 Å². The number of anilines is 1. The minimum absolute atomic E-state index is 0.254. The fraction of sp³-hybridized carbons (Fsp3) is 0.500. The minimum atomic E-state index is -4.41. The van der Waals surface area contributed by atoms with Crippen molar-refractivity contribution in [3.63, 3.8) is 0 Å². The molecule has 0 saturated heterocycles. The summed E-state index contributed by atoms with van der Waals surface area (Å²) >= 11 is 0. The Balaban J connectivity index is 2.83. The van der Waals surface area contributed by atoms with Crippen LogP contribution in [0.1, 0.15) is 13.3 Å². The number of hydrogen-bond donors (Lipinski definition) is 2. The minimum Gasteiger partial charge on any atom is -0.383 e. The molecule has 0 amide bonds. The van der Waals surface area contributed by atoms with Gasteiger partial charge in [0.25, 0.3) is 10.0 Å². The standard InChI is InChI=1S/C10H14F3N3O2S/c1-2-14-8-4-3-6-15-9(8)19(17,18)16-7-5-10(11,12)13/h3-4,6,14,16H,2,5,7H2,1H3. The van der Waals surface area contributed by atoms with Crippen LogP contribution >= 0.6 is 0 Å². The van der Waals surface area contributed by atoms with Crippen LogP contribution in [0.25, 0.3) is 0 Å². The molecule has 0 atom stereocenters. The zero-order chi connectivity index (χ0) is 14.5. The second-order valence-corrected chi connectivity index (χ2v) is 5.33. The monoisotopic (exact) mass is 297 g/mol. The van der Waals surface area contributed by atoms with Gasteiger partial charge >= 0.3 is 6.18 Å². The molecule has 5 nitrogen and oxygen atoms in total. The number of nitrogens with zero attached hydrogens (tertiary/aromatic N) is 1. The Labute approximate surface area is 109 Å². The molecule has 1 rings (SSSR count). The van der Waals surface area contributed by atoms with Crippen molar-refractivity contribution in [2.75, 3.05) is 18.4 Å². The van der Waals surface area contributed by atoms with Crippen LogP contribution in [0, 0.1) is 0 Å². The summed E-state index contributed by atoms with van der Waals surface area (Å²) in [5.41, 5.74) is 0.254. The third-order valence-corrected chi connectivity index (χ3v) is 3.51. The fourth-order valence-electron chi connectivity index (χ4n) is 1.33. The first-order chi connectivity index (χ1) is 8.76. The van der Waals surface area contributed by atoms with Crippen LogP contribution in [0.4, 0.5) is 18.9 Å². The summed E-state index contributed by atoms with van der Waals surface area (Å²) in [5, 5.41) is 2.48. The molecule has 0 spiro atoms. The molecule has 0 bridgehead atoms. The first-order valence-electron chi connectivity index (χ1n) is 5.51. The number of pyridine rings is 1. The van der Waals surface area contributed by atoms with Crippen molar-refractivity contribution in [2.24, 2.45) is 0 Å². The molecule has 9 heteroatoms. The molecule has 0 aromatic carbocycles. The maximum absolute atomic E-state index is 12.0. The van der Waals surface area contributed by atoms with Crippen molar-refractivity contribution in [1.29, 1.82) is 0 Å². The van der Waals surface area contributed by atoms with E-state index in [1.165, 1.54) is 18.3 Å². The van der Waals surface area contributed by atoms with Crippen LogP contribution in [0.2, 0.25) is 0 Å². The Kier molecular flexibility index (Phi) is 5.12. The van der Waals surface area contributed by atoms with Gasteiger partial charge < -0.3 is 5.32 Å². The van der Waals surface area contributed by atoms with Crippen molar-refractivity contribution < 1.29 is 21.6 Å². The van der Waals surface area contributed by atoms with Gasteiger partial charge in [-0.15, -0.1) is 0 Å². The van der Waals surface area contributed by atoms with Crippen molar-refractivity contribution in [3.05, 3.63) is 18.3 Å². The Hall–Kier alpha value is -1.35. The van der Waals surface area contributed by atoms with Crippen molar-refractivity contribution in [3.8, 4) is 0 Å². The first-order valence-corrected chi connectivity index (χ1v) is 7.00. The third kappa shape index (κ3) is 5.03. The van der Waals surface area contributed by atoms with E-state index < -0.39 is 29.2 Å². The molecule has 19 heavy (non-hydrogen) atoms. The van der Waals surface area contributed by atoms with Gasteiger partial charge in [0.2, 0.25) is 0 Å². The van der Waals surface area contributed by atoms with Gasteiger partial charge in [-0.05, 0) is 19.1 Å². The van der Waals surface area contributed by atoms with E-state index in [0.29, 0.717) is 6.54 Å². The average molecular weight is 297 g/mol. The number of nitrogens with one attached hydrogen (secondary N) is 2. The topological polar surface area (TPSA) is 71.1 Å². The van der Waals surface area contributed by atoms with Gasteiger partial charge in [-0.3, -0.25) is 0 Å². The van der Waals surface area contributed by atoms with Gasteiger partial charge in [-0.25, -0.2) is 18.1 Å². The zero-order valence-corrected chi connectivity index (χ0v) is 11.0. The normalized spacial score (nSPS) is 12.4. The van der Waals surface area contributed by atoms with E-state index >= 15 is 0 Å². The summed E-state index contributed by atoms with van der Waals surface area (Å²) in [4.78, 5) is 3.69. The second-order valence-electron chi connectivity index (χ2n) is 3.65. The van der Waals surface area contributed by atoms with E-state index in [1.54, 1.807) is 6.92 Å². The molecule has 2 N–H and O–H groups in total. The van der Waals surface area contributed by atoms with E-state index in [9.17, 15) is 21.6 Å². The first kappa shape index (κ1) is 15.7. The summed E-state index contributed by atoms with van der Waals surface area (Å²) in [6, 6.07) is 3.03.